The van der Waals surface area contributed by atoms with Gasteiger partial charge < -0.3 is 10.6 Å². The van der Waals surface area contributed by atoms with E-state index in [1.54, 1.807) is 0 Å². The highest BCUT2D eigenvalue weighted by Crippen LogP contribution is 2.15. The van der Waals surface area contributed by atoms with Gasteiger partial charge >= 0.3 is 0 Å². The molecule has 0 saturated carbocycles. The van der Waals surface area contributed by atoms with Crippen LogP contribution >= 0.6 is 0 Å². The third-order valence-electron chi connectivity index (χ3n) is 3.92. The second-order valence-corrected chi connectivity index (χ2v) is 5.35. The molecule has 1 aromatic rings. The Labute approximate surface area is 120 Å². The zero-order valence-electron chi connectivity index (χ0n) is 12.4. The number of fused-ring (bicyclic) bond motifs is 1. The number of carbonyl (C=O) groups excluding carboxylic acids is 1. The van der Waals surface area contributed by atoms with E-state index in [-0.39, 0.29) is 5.91 Å². The minimum absolute atomic E-state index is 0.0555. The van der Waals surface area contributed by atoms with Crippen LogP contribution in [0.15, 0.2) is 6.33 Å². The Morgan fingerprint density at radius 3 is 3.05 bits per heavy atom. The van der Waals surface area contributed by atoms with Gasteiger partial charge in [0.2, 0.25) is 0 Å². The van der Waals surface area contributed by atoms with Crippen LogP contribution in [0.5, 0.6) is 0 Å². The van der Waals surface area contributed by atoms with Crippen molar-refractivity contribution in [1.82, 2.24) is 20.6 Å². The number of rotatable bonds is 6. The monoisotopic (exact) mass is 276 g/mol. The molecule has 110 valence electrons. The first-order chi connectivity index (χ1) is 9.76. The summed E-state index contributed by atoms with van der Waals surface area (Å²) in [6.07, 6.45) is 5.72. The van der Waals surface area contributed by atoms with E-state index in [9.17, 15) is 4.79 Å². The first kappa shape index (κ1) is 14.9. The number of aromatic nitrogens is 2. The van der Waals surface area contributed by atoms with Crippen LogP contribution in [0.25, 0.3) is 0 Å². The molecule has 1 aromatic heterocycles. The van der Waals surface area contributed by atoms with E-state index < -0.39 is 0 Å². The molecular formula is C15H24N4O. The highest BCUT2D eigenvalue weighted by Gasteiger charge is 2.20. The Bertz CT molecular complexity index is 461. The molecule has 1 amide bonds. The normalized spacial score (nSPS) is 15.5. The first-order valence-corrected chi connectivity index (χ1v) is 7.57. The molecule has 2 heterocycles. The van der Waals surface area contributed by atoms with Crippen molar-refractivity contribution in [2.75, 3.05) is 13.1 Å². The van der Waals surface area contributed by atoms with E-state index >= 15 is 0 Å². The minimum atomic E-state index is -0.0555. The summed E-state index contributed by atoms with van der Waals surface area (Å²) in [4.78, 5) is 20.8. The molecule has 0 bridgehead atoms. The van der Waals surface area contributed by atoms with E-state index in [2.05, 4.69) is 34.4 Å². The van der Waals surface area contributed by atoms with Gasteiger partial charge in [0, 0.05) is 18.7 Å². The molecule has 1 unspecified atom stereocenters. The maximum Gasteiger partial charge on any atom is 0.270 e. The molecular weight excluding hydrogens is 252 g/mol. The first-order valence-electron chi connectivity index (χ1n) is 7.57. The van der Waals surface area contributed by atoms with Crippen molar-refractivity contribution in [2.24, 2.45) is 5.92 Å². The van der Waals surface area contributed by atoms with Crippen LogP contribution in [0.4, 0.5) is 0 Å². The van der Waals surface area contributed by atoms with E-state index in [4.69, 9.17) is 0 Å². The van der Waals surface area contributed by atoms with Crippen LogP contribution < -0.4 is 10.6 Å². The fourth-order valence-corrected chi connectivity index (χ4v) is 2.66. The molecule has 1 aliphatic heterocycles. The molecule has 0 radical (unpaired) electrons. The van der Waals surface area contributed by atoms with Crippen molar-refractivity contribution in [3.05, 3.63) is 23.3 Å². The second-order valence-electron chi connectivity index (χ2n) is 5.35. The smallest absolute Gasteiger partial charge is 0.270 e. The van der Waals surface area contributed by atoms with Gasteiger partial charge in [0.1, 0.15) is 12.0 Å². The van der Waals surface area contributed by atoms with E-state index in [0.717, 1.165) is 56.6 Å². The lowest BCUT2D eigenvalue weighted by atomic mass is 10.0. The standard InChI is InChI=1S/C15H24N4O/c1-3-5-11(4-2)8-17-15(20)14-12-6-7-16-9-13(12)18-10-19-14/h10-11,16H,3-9H2,1-2H3,(H,17,20). The zero-order valence-corrected chi connectivity index (χ0v) is 12.4. The molecule has 2 N–H and O–H groups in total. The molecule has 0 fully saturated rings. The number of amides is 1. The summed E-state index contributed by atoms with van der Waals surface area (Å²) >= 11 is 0. The third-order valence-corrected chi connectivity index (χ3v) is 3.92. The summed E-state index contributed by atoms with van der Waals surface area (Å²) in [6.45, 7) is 6.70. The lowest BCUT2D eigenvalue weighted by Crippen LogP contribution is -2.33. The highest BCUT2D eigenvalue weighted by atomic mass is 16.1. The van der Waals surface area contributed by atoms with Crippen LogP contribution in [0.2, 0.25) is 0 Å². The van der Waals surface area contributed by atoms with Crippen LogP contribution in [-0.4, -0.2) is 29.0 Å². The Morgan fingerprint density at radius 2 is 2.30 bits per heavy atom. The molecule has 0 aliphatic carbocycles. The lowest BCUT2D eigenvalue weighted by molar-refractivity contribution is 0.0939. The SMILES string of the molecule is CCCC(CC)CNC(=O)c1ncnc2c1CCNC2. The molecule has 1 atom stereocenters. The van der Waals surface area contributed by atoms with Gasteiger partial charge in [-0.3, -0.25) is 4.79 Å². The summed E-state index contributed by atoms with van der Waals surface area (Å²) in [5, 5.41) is 6.30. The number of hydrogen-bond acceptors (Lipinski definition) is 4. The van der Waals surface area contributed by atoms with Crippen LogP contribution in [0.3, 0.4) is 0 Å². The quantitative estimate of drug-likeness (QED) is 0.829. The minimum Gasteiger partial charge on any atom is -0.350 e. The predicted octanol–water partition coefficient (Wildman–Crippen LogP) is 1.68. The van der Waals surface area contributed by atoms with Gasteiger partial charge in [-0.15, -0.1) is 0 Å². The molecule has 5 heteroatoms. The topological polar surface area (TPSA) is 66.9 Å². The fraction of sp³-hybridized carbons (Fsp3) is 0.667. The third kappa shape index (κ3) is 3.54. The molecule has 0 saturated heterocycles. The van der Waals surface area contributed by atoms with Crippen molar-refractivity contribution >= 4 is 5.91 Å². The van der Waals surface area contributed by atoms with Crippen molar-refractivity contribution in [3.63, 3.8) is 0 Å². The molecule has 0 aromatic carbocycles. The van der Waals surface area contributed by atoms with Crippen molar-refractivity contribution in [3.8, 4) is 0 Å². The summed E-state index contributed by atoms with van der Waals surface area (Å²) in [5.41, 5.74) is 2.52. The van der Waals surface area contributed by atoms with Gasteiger partial charge in [-0.1, -0.05) is 26.7 Å². The summed E-state index contributed by atoms with van der Waals surface area (Å²) in [6, 6.07) is 0. The van der Waals surface area contributed by atoms with Gasteiger partial charge in [-0.2, -0.15) is 0 Å². The van der Waals surface area contributed by atoms with Gasteiger partial charge in [-0.25, -0.2) is 9.97 Å². The van der Waals surface area contributed by atoms with Crippen LogP contribution in [-0.2, 0) is 13.0 Å². The van der Waals surface area contributed by atoms with E-state index in [1.807, 2.05) is 0 Å². The van der Waals surface area contributed by atoms with Gasteiger partial charge in [-0.05, 0) is 25.3 Å². The number of nitrogens with one attached hydrogen (secondary N) is 2. The summed E-state index contributed by atoms with van der Waals surface area (Å²) in [7, 11) is 0. The van der Waals surface area contributed by atoms with Gasteiger partial charge in [0.05, 0.1) is 5.69 Å². The summed E-state index contributed by atoms with van der Waals surface area (Å²) < 4.78 is 0. The van der Waals surface area contributed by atoms with Crippen molar-refractivity contribution in [1.29, 1.82) is 0 Å². The lowest BCUT2D eigenvalue weighted by Gasteiger charge is -2.19. The largest absolute Gasteiger partial charge is 0.350 e. The van der Waals surface area contributed by atoms with Crippen molar-refractivity contribution in [2.45, 2.75) is 46.1 Å². The predicted molar refractivity (Wildman–Crippen MR) is 78.5 cm³/mol. The zero-order chi connectivity index (χ0) is 14.4. The molecule has 2 rings (SSSR count). The number of nitrogens with zero attached hydrogens (tertiary/aromatic N) is 2. The Hall–Kier alpha value is -1.49. The van der Waals surface area contributed by atoms with Crippen LogP contribution in [0, 0.1) is 5.92 Å². The Balaban J connectivity index is 2.02. The van der Waals surface area contributed by atoms with Crippen LogP contribution in [0.1, 0.15) is 54.9 Å². The average Bonchev–Trinajstić information content (AvgIpc) is 2.50. The molecule has 5 nitrogen and oxygen atoms in total. The number of carbonyl (C=O) groups is 1. The van der Waals surface area contributed by atoms with Gasteiger partial charge in [0.15, 0.2) is 0 Å². The Kier molecular flexibility index (Phi) is 5.47. The van der Waals surface area contributed by atoms with Crippen molar-refractivity contribution < 1.29 is 4.79 Å². The van der Waals surface area contributed by atoms with Gasteiger partial charge in [0.25, 0.3) is 5.91 Å². The number of hydrogen-bond donors (Lipinski definition) is 2. The maximum absolute atomic E-state index is 12.3. The maximum atomic E-state index is 12.3. The summed E-state index contributed by atoms with van der Waals surface area (Å²) in [5.74, 6) is 0.503. The van der Waals surface area contributed by atoms with E-state index in [1.165, 1.54) is 6.33 Å². The molecule has 20 heavy (non-hydrogen) atoms. The molecule has 0 spiro atoms. The fourth-order valence-electron chi connectivity index (χ4n) is 2.66. The second kappa shape index (κ2) is 7.33. The highest BCUT2D eigenvalue weighted by molar-refractivity contribution is 5.93. The average molecular weight is 276 g/mol. The molecule has 1 aliphatic rings. The Morgan fingerprint density at radius 1 is 1.45 bits per heavy atom. The van der Waals surface area contributed by atoms with E-state index in [0.29, 0.717) is 11.6 Å².